The molecule has 0 bridgehead atoms. The van der Waals surface area contributed by atoms with Gasteiger partial charge in [-0.15, -0.1) is 0 Å². The number of amides is 3. The fourth-order valence-corrected chi connectivity index (χ4v) is 3.16. The van der Waals surface area contributed by atoms with Crippen molar-refractivity contribution in [3.8, 4) is 0 Å². The van der Waals surface area contributed by atoms with E-state index in [0.717, 1.165) is 5.39 Å². The summed E-state index contributed by atoms with van der Waals surface area (Å²) < 4.78 is 41.8. The average molecular weight is 411 g/mol. The van der Waals surface area contributed by atoms with Crippen LogP contribution in [0.2, 0.25) is 0 Å². The number of benzene rings is 1. The Kier molecular flexibility index (Phi) is 6.09. The largest absolute Gasteiger partial charge is 0.451 e. The van der Waals surface area contributed by atoms with Gasteiger partial charge in [0.25, 0.3) is 5.91 Å². The summed E-state index contributed by atoms with van der Waals surface area (Å²) in [5.74, 6) is -2.35. The fourth-order valence-electron chi connectivity index (χ4n) is 3.16. The van der Waals surface area contributed by atoms with Crippen LogP contribution in [0.15, 0.2) is 34.7 Å². The number of carbonyl (C=O) groups is 3. The number of hydrogen-bond donors (Lipinski definition) is 2. The molecular formula is C19H20F3N3O4. The van der Waals surface area contributed by atoms with E-state index in [2.05, 4.69) is 5.32 Å². The van der Waals surface area contributed by atoms with E-state index < -0.39 is 24.5 Å². The molecule has 0 spiro atoms. The smallest absolute Gasteiger partial charge is 0.405 e. The first kappa shape index (κ1) is 20.7. The van der Waals surface area contributed by atoms with Gasteiger partial charge in [0, 0.05) is 25.0 Å². The van der Waals surface area contributed by atoms with E-state index in [4.69, 9.17) is 4.42 Å². The van der Waals surface area contributed by atoms with Gasteiger partial charge in [0.1, 0.15) is 12.1 Å². The van der Waals surface area contributed by atoms with Gasteiger partial charge in [-0.2, -0.15) is 13.2 Å². The van der Waals surface area contributed by atoms with Crippen LogP contribution >= 0.6 is 0 Å². The van der Waals surface area contributed by atoms with Gasteiger partial charge in [-0.1, -0.05) is 18.2 Å². The Labute approximate surface area is 164 Å². The molecule has 29 heavy (non-hydrogen) atoms. The third kappa shape index (κ3) is 5.49. The summed E-state index contributed by atoms with van der Waals surface area (Å²) in [6.45, 7) is -0.486. The highest BCUT2D eigenvalue weighted by atomic mass is 19.4. The monoisotopic (exact) mass is 411 g/mol. The number of likely N-dealkylation sites (tertiary alicyclic amines) is 1. The fraction of sp³-hybridized carbons (Fsp3) is 0.421. The van der Waals surface area contributed by atoms with Crippen molar-refractivity contribution < 1.29 is 32.0 Å². The van der Waals surface area contributed by atoms with Crippen LogP contribution in [0, 0.1) is 5.92 Å². The van der Waals surface area contributed by atoms with Crippen molar-refractivity contribution in [2.45, 2.75) is 19.0 Å². The third-order valence-corrected chi connectivity index (χ3v) is 4.74. The number of halogens is 3. The first-order valence-corrected chi connectivity index (χ1v) is 9.13. The summed E-state index contributed by atoms with van der Waals surface area (Å²) in [5, 5.41) is 4.71. The predicted molar refractivity (Wildman–Crippen MR) is 96.9 cm³/mol. The van der Waals surface area contributed by atoms with E-state index in [1.54, 1.807) is 17.0 Å². The number of hydrogen-bond acceptors (Lipinski definition) is 4. The highest BCUT2D eigenvalue weighted by Crippen LogP contribution is 2.23. The van der Waals surface area contributed by atoms with Crippen molar-refractivity contribution in [3.05, 3.63) is 36.1 Å². The quantitative estimate of drug-likeness (QED) is 0.754. The van der Waals surface area contributed by atoms with E-state index in [1.165, 1.54) is 5.32 Å². The second kappa shape index (κ2) is 8.54. The maximum absolute atomic E-state index is 12.6. The highest BCUT2D eigenvalue weighted by molar-refractivity contribution is 6.35. The van der Waals surface area contributed by atoms with E-state index in [0.29, 0.717) is 31.5 Å². The van der Waals surface area contributed by atoms with Crippen LogP contribution in [-0.4, -0.2) is 55.0 Å². The lowest BCUT2D eigenvalue weighted by Crippen LogP contribution is -2.46. The zero-order valence-corrected chi connectivity index (χ0v) is 15.4. The summed E-state index contributed by atoms with van der Waals surface area (Å²) in [7, 11) is 0. The number of carbonyl (C=O) groups excluding carboxylic acids is 3. The Bertz CT molecular complexity index is 868. The van der Waals surface area contributed by atoms with Crippen LogP contribution in [0.1, 0.15) is 23.4 Å². The van der Waals surface area contributed by atoms with E-state index in [1.807, 2.05) is 18.2 Å². The van der Waals surface area contributed by atoms with Crippen LogP contribution in [0.4, 0.5) is 13.2 Å². The maximum Gasteiger partial charge on any atom is 0.405 e. The van der Waals surface area contributed by atoms with Crippen molar-refractivity contribution in [2.24, 2.45) is 5.92 Å². The minimum atomic E-state index is -4.57. The topological polar surface area (TPSA) is 91.7 Å². The molecule has 3 amide bonds. The van der Waals surface area contributed by atoms with Crippen LogP contribution in [0.3, 0.4) is 0 Å². The van der Waals surface area contributed by atoms with Gasteiger partial charge in [0.05, 0.1) is 0 Å². The molecule has 2 heterocycles. The Morgan fingerprint density at radius 1 is 1.07 bits per heavy atom. The van der Waals surface area contributed by atoms with Crippen molar-refractivity contribution >= 4 is 28.7 Å². The molecule has 0 unspecified atom stereocenters. The minimum absolute atomic E-state index is 0.0223. The molecule has 0 radical (unpaired) electrons. The number of piperidine rings is 1. The standard InChI is InChI=1S/C19H20F3N3O4/c20-19(21,22)11-24-17(27)16(26)23-10-12-5-7-25(8-6-12)18(28)15-9-13-3-1-2-4-14(13)29-15/h1-4,9,12H,5-8,10-11H2,(H,23,26)(H,24,27). The molecule has 0 atom stereocenters. The molecule has 3 rings (SSSR count). The Morgan fingerprint density at radius 3 is 2.38 bits per heavy atom. The van der Waals surface area contributed by atoms with Crippen molar-refractivity contribution in [1.29, 1.82) is 0 Å². The molecule has 10 heteroatoms. The zero-order chi connectivity index (χ0) is 21.0. The summed E-state index contributed by atoms with van der Waals surface area (Å²) in [4.78, 5) is 37.2. The van der Waals surface area contributed by atoms with Gasteiger partial charge in [0.2, 0.25) is 0 Å². The average Bonchev–Trinajstić information content (AvgIpc) is 3.13. The Morgan fingerprint density at radius 2 is 1.72 bits per heavy atom. The lowest BCUT2D eigenvalue weighted by Gasteiger charge is -2.31. The van der Waals surface area contributed by atoms with Crippen LogP contribution < -0.4 is 10.6 Å². The van der Waals surface area contributed by atoms with Gasteiger partial charge >= 0.3 is 18.0 Å². The molecule has 2 aromatic rings. The van der Waals surface area contributed by atoms with Gasteiger partial charge < -0.3 is 20.0 Å². The van der Waals surface area contributed by atoms with Gasteiger partial charge in [-0.05, 0) is 30.9 Å². The second-order valence-corrected chi connectivity index (χ2v) is 6.89. The number of furan rings is 1. The zero-order valence-electron chi connectivity index (χ0n) is 15.4. The van der Waals surface area contributed by atoms with E-state index in [9.17, 15) is 27.6 Å². The first-order valence-electron chi connectivity index (χ1n) is 9.13. The lowest BCUT2D eigenvalue weighted by atomic mass is 9.96. The molecule has 0 saturated carbocycles. The number of alkyl halides is 3. The number of rotatable bonds is 4. The number of para-hydroxylation sites is 1. The first-order chi connectivity index (χ1) is 13.7. The normalized spacial score (nSPS) is 15.3. The molecule has 156 valence electrons. The van der Waals surface area contributed by atoms with Crippen LogP contribution in [0.5, 0.6) is 0 Å². The number of nitrogens with zero attached hydrogens (tertiary/aromatic N) is 1. The molecule has 2 N–H and O–H groups in total. The third-order valence-electron chi connectivity index (χ3n) is 4.74. The molecule has 1 aliphatic heterocycles. The molecule has 7 nitrogen and oxygen atoms in total. The van der Waals surface area contributed by atoms with Gasteiger partial charge in [-0.3, -0.25) is 14.4 Å². The lowest BCUT2D eigenvalue weighted by molar-refractivity contribution is -0.146. The Hall–Kier alpha value is -3.04. The Balaban J connectivity index is 1.43. The molecular weight excluding hydrogens is 391 g/mol. The maximum atomic E-state index is 12.6. The number of nitrogens with one attached hydrogen (secondary N) is 2. The van der Waals surface area contributed by atoms with Crippen LogP contribution in [0.25, 0.3) is 11.0 Å². The van der Waals surface area contributed by atoms with Crippen molar-refractivity contribution in [2.75, 3.05) is 26.2 Å². The van der Waals surface area contributed by atoms with Gasteiger partial charge in [-0.25, -0.2) is 0 Å². The molecule has 1 saturated heterocycles. The minimum Gasteiger partial charge on any atom is -0.451 e. The predicted octanol–water partition coefficient (Wildman–Crippen LogP) is 2.08. The van der Waals surface area contributed by atoms with E-state index >= 15 is 0 Å². The molecule has 1 fully saturated rings. The molecule has 1 aromatic heterocycles. The molecule has 1 aromatic carbocycles. The van der Waals surface area contributed by atoms with Crippen LogP contribution in [-0.2, 0) is 9.59 Å². The van der Waals surface area contributed by atoms with E-state index in [-0.39, 0.29) is 24.1 Å². The van der Waals surface area contributed by atoms with Crippen molar-refractivity contribution in [1.82, 2.24) is 15.5 Å². The molecule has 1 aliphatic rings. The summed E-state index contributed by atoms with van der Waals surface area (Å²) in [6, 6.07) is 9.02. The SMILES string of the molecule is O=C(NCC1CCN(C(=O)c2cc3ccccc3o2)CC1)C(=O)NCC(F)(F)F. The molecule has 0 aliphatic carbocycles. The second-order valence-electron chi connectivity index (χ2n) is 6.89. The summed E-state index contributed by atoms with van der Waals surface area (Å²) in [6.07, 6.45) is -3.39. The highest BCUT2D eigenvalue weighted by Gasteiger charge is 2.30. The summed E-state index contributed by atoms with van der Waals surface area (Å²) >= 11 is 0. The van der Waals surface area contributed by atoms with Gasteiger partial charge in [0.15, 0.2) is 5.76 Å². The van der Waals surface area contributed by atoms with Crippen molar-refractivity contribution in [3.63, 3.8) is 0 Å². The summed E-state index contributed by atoms with van der Waals surface area (Å²) in [5.41, 5.74) is 0.636. The number of fused-ring (bicyclic) bond motifs is 1.